The predicted molar refractivity (Wildman–Crippen MR) is 89.1 cm³/mol. The minimum Gasteiger partial charge on any atom is -0.494 e. The quantitative estimate of drug-likeness (QED) is 0.733. The van der Waals surface area contributed by atoms with Crippen molar-refractivity contribution in [3.8, 4) is 11.8 Å². The van der Waals surface area contributed by atoms with E-state index in [0.29, 0.717) is 17.2 Å². The Bertz CT molecular complexity index is 652. The molecular formula is C19H20N2O. The Hall–Kier alpha value is -2.60. The first-order chi connectivity index (χ1) is 10.7. The van der Waals surface area contributed by atoms with Gasteiger partial charge >= 0.3 is 0 Å². The van der Waals surface area contributed by atoms with E-state index in [1.807, 2.05) is 48.5 Å². The topological polar surface area (TPSA) is 45.9 Å². The summed E-state index contributed by atoms with van der Waals surface area (Å²) in [6.07, 6.45) is 4.56. The van der Waals surface area contributed by atoms with Crippen LogP contribution in [-0.2, 0) is 0 Å². The maximum Gasteiger partial charge on any atom is 0.119 e. The molecule has 2 aromatic rings. The van der Waals surface area contributed by atoms with Crippen molar-refractivity contribution in [1.29, 1.82) is 5.26 Å². The summed E-state index contributed by atoms with van der Waals surface area (Å²) >= 11 is 0. The van der Waals surface area contributed by atoms with Gasteiger partial charge in [-0.25, -0.2) is 0 Å². The van der Waals surface area contributed by atoms with Gasteiger partial charge in [-0.1, -0.05) is 32.0 Å². The molecule has 112 valence electrons. The van der Waals surface area contributed by atoms with Crippen LogP contribution in [0.1, 0.15) is 31.5 Å². The molecule has 0 radical (unpaired) electrons. The van der Waals surface area contributed by atoms with Crippen LogP contribution in [0.15, 0.2) is 48.7 Å². The number of ether oxygens (including phenoxy) is 1. The zero-order valence-electron chi connectivity index (χ0n) is 13.0. The van der Waals surface area contributed by atoms with Crippen molar-refractivity contribution in [3.63, 3.8) is 0 Å². The lowest BCUT2D eigenvalue weighted by Crippen LogP contribution is -2.01. The molecule has 0 unspecified atom stereocenters. The normalized spacial score (nSPS) is 11.3. The van der Waals surface area contributed by atoms with E-state index in [-0.39, 0.29) is 0 Å². The highest BCUT2D eigenvalue weighted by Crippen LogP contribution is 2.18. The molecule has 0 amide bonds. The molecule has 0 aliphatic carbocycles. The van der Waals surface area contributed by atoms with Crippen LogP contribution in [0.3, 0.4) is 0 Å². The summed E-state index contributed by atoms with van der Waals surface area (Å²) < 4.78 is 5.69. The molecule has 1 aromatic heterocycles. The summed E-state index contributed by atoms with van der Waals surface area (Å²) in [5.74, 6) is 1.49. The lowest BCUT2D eigenvalue weighted by molar-refractivity contribution is 0.289. The van der Waals surface area contributed by atoms with E-state index in [9.17, 15) is 5.26 Å². The molecule has 0 fully saturated rings. The monoisotopic (exact) mass is 292 g/mol. The van der Waals surface area contributed by atoms with Crippen LogP contribution in [0.5, 0.6) is 5.75 Å². The van der Waals surface area contributed by atoms with Gasteiger partial charge in [-0.2, -0.15) is 5.26 Å². The lowest BCUT2D eigenvalue weighted by Gasteiger charge is -2.08. The minimum atomic E-state index is 0.550. The van der Waals surface area contributed by atoms with Gasteiger partial charge in [-0.15, -0.1) is 0 Å². The molecular weight excluding hydrogens is 272 g/mol. The number of pyridine rings is 1. The Morgan fingerprint density at radius 3 is 2.59 bits per heavy atom. The van der Waals surface area contributed by atoms with Gasteiger partial charge in [0.15, 0.2) is 0 Å². The van der Waals surface area contributed by atoms with Gasteiger partial charge in [0.05, 0.1) is 17.9 Å². The van der Waals surface area contributed by atoms with E-state index in [4.69, 9.17) is 4.74 Å². The van der Waals surface area contributed by atoms with Gasteiger partial charge in [0.25, 0.3) is 0 Å². The Kier molecular flexibility index (Phi) is 5.73. The van der Waals surface area contributed by atoms with E-state index in [1.165, 1.54) is 0 Å². The summed E-state index contributed by atoms with van der Waals surface area (Å²) in [5.41, 5.74) is 2.19. The van der Waals surface area contributed by atoms with Gasteiger partial charge in [-0.3, -0.25) is 4.98 Å². The van der Waals surface area contributed by atoms with Crippen molar-refractivity contribution in [2.75, 3.05) is 6.61 Å². The summed E-state index contributed by atoms with van der Waals surface area (Å²) in [7, 11) is 0. The first-order valence-electron chi connectivity index (χ1n) is 7.45. The molecule has 0 N–H and O–H groups in total. The molecule has 0 bridgehead atoms. The van der Waals surface area contributed by atoms with Crippen molar-refractivity contribution < 1.29 is 4.74 Å². The molecule has 0 aliphatic rings. The number of nitrogens with zero attached hydrogens (tertiary/aromatic N) is 2. The third-order valence-electron chi connectivity index (χ3n) is 3.22. The van der Waals surface area contributed by atoms with Crippen molar-refractivity contribution >= 4 is 11.6 Å². The fraction of sp³-hybridized carbons (Fsp3) is 0.263. The zero-order chi connectivity index (χ0) is 15.8. The highest BCUT2D eigenvalue weighted by molar-refractivity contribution is 5.88. The molecule has 3 heteroatoms. The molecule has 0 aliphatic heterocycles. The summed E-state index contributed by atoms with van der Waals surface area (Å²) in [4.78, 5) is 4.21. The van der Waals surface area contributed by atoms with E-state index in [1.54, 1.807) is 6.20 Å². The molecule has 0 saturated carbocycles. The van der Waals surface area contributed by atoms with Gasteiger partial charge in [0.1, 0.15) is 11.8 Å². The maximum absolute atomic E-state index is 9.28. The fourth-order valence-electron chi connectivity index (χ4n) is 1.92. The third kappa shape index (κ3) is 4.75. The van der Waals surface area contributed by atoms with Crippen LogP contribution in [0.2, 0.25) is 0 Å². The molecule has 0 spiro atoms. The summed E-state index contributed by atoms with van der Waals surface area (Å²) in [5, 5.41) is 9.28. The van der Waals surface area contributed by atoms with Gasteiger partial charge in [0, 0.05) is 6.20 Å². The van der Waals surface area contributed by atoms with Crippen LogP contribution < -0.4 is 4.74 Å². The molecule has 2 rings (SSSR count). The lowest BCUT2D eigenvalue weighted by atomic mass is 10.1. The number of allylic oxidation sites excluding steroid dienone is 1. The Morgan fingerprint density at radius 2 is 2.00 bits per heavy atom. The molecule has 0 saturated heterocycles. The van der Waals surface area contributed by atoms with Gasteiger partial charge < -0.3 is 4.74 Å². The number of benzene rings is 1. The second-order valence-electron chi connectivity index (χ2n) is 5.48. The average molecular weight is 292 g/mol. The Labute approximate surface area is 131 Å². The maximum atomic E-state index is 9.28. The SMILES string of the molecule is CC(C)CCOc1ccc(C=C(C#N)c2ccccn2)cc1. The zero-order valence-corrected chi connectivity index (χ0v) is 13.0. The van der Waals surface area contributed by atoms with Crippen LogP contribution >= 0.6 is 0 Å². The second-order valence-corrected chi connectivity index (χ2v) is 5.48. The number of aromatic nitrogens is 1. The molecule has 22 heavy (non-hydrogen) atoms. The molecule has 1 aromatic carbocycles. The number of hydrogen-bond donors (Lipinski definition) is 0. The standard InChI is InChI=1S/C19H20N2O/c1-15(2)10-12-22-18-8-6-16(7-9-18)13-17(14-20)19-5-3-4-11-21-19/h3-9,11,13,15H,10,12H2,1-2H3. The molecule has 1 heterocycles. The van der Waals surface area contributed by atoms with Crippen molar-refractivity contribution in [1.82, 2.24) is 4.98 Å². The summed E-state index contributed by atoms with van der Waals surface area (Å²) in [6.45, 7) is 5.08. The number of nitriles is 1. The van der Waals surface area contributed by atoms with Crippen molar-refractivity contribution in [2.24, 2.45) is 5.92 Å². The van der Waals surface area contributed by atoms with E-state index < -0.39 is 0 Å². The predicted octanol–water partition coefficient (Wildman–Crippen LogP) is 4.57. The average Bonchev–Trinajstić information content (AvgIpc) is 2.54. The van der Waals surface area contributed by atoms with Crippen molar-refractivity contribution in [3.05, 3.63) is 59.9 Å². The Morgan fingerprint density at radius 1 is 1.23 bits per heavy atom. The van der Waals surface area contributed by atoms with Gasteiger partial charge in [0.2, 0.25) is 0 Å². The van der Waals surface area contributed by atoms with E-state index >= 15 is 0 Å². The summed E-state index contributed by atoms with van der Waals surface area (Å²) in [6, 6.07) is 15.5. The third-order valence-corrected chi connectivity index (χ3v) is 3.22. The highest BCUT2D eigenvalue weighted by Gasteiger charge is 2.02. The highest BCUT2D eigenvalue weighted by atomic mass is 16.5. The molecule has 0 atom stereocenters. The largest absolute Gasteiger partial charge is 0.494 e. The smallest absolute Gasteiger partial charge is 0.119 e. The second kappa shape index (κ2) is 7.99. The van der Waals surface area contributed by atoms with Crippen molar-refractivity contribution in [2.45, 2.75) is 20.3 Å². The number of hydrogen-bond acceptors (Lipinski definition) is 3. The first-order valence-corrected chi connectivity index (χ1v) is 7.45. The van der Waals surface area contributed by atoms with E-state index in [0.717, 1.165) is 24.3 Å². The Balaban J connectivity index is 2.07. The first kappa shape index (κ1) is 15.8. The fourth-order valence-corrected chi connectivity index (χ4v) is 1.92. The van der Waals surface area contributed by atoms with E-state index in [2.05, 4.69) is 24.9 Å². The number of rotatable bonds is 6. The van der Waals surface area contributed by atoms with Crippen LogP contribution in [-0.4, -0.2) is 11.6 Å². The molecule has 3 nitrogen and oxygen atoms in total. The van der Waals surface area contributed by atoms with Crippen LogP contribution in [0.25, 0.3) is 11.6 Å². The van der Waals surface area contributed by atoms with Gasteiger partial charge in [-0.05, 0) is 48.2 Å². The van der Waals surface area contributed by atoms with Crippen LogP contribution in [0, 0.1) is 17.2 Å². The minimum absolute atomic E-state index is 0.550. The van der Waals surface area contributed by atoms with Crippen LogP contribution in [0.4, 0.5) is 0 Å².